The Kier molecular flexibility index (Phi) is 4.23. The minimum absolute atomic E-state index is 0.0407. The summed E-state index contributed by atoms with van der Waals surface area (Å²) in [7, 11) is 0. The lowest BCUT2D eigenvalue weighted by Gasteiger charge is -2.10. The molecule has 0 bridgehead atoms. The van der Waals surface area contributed by atoms with E-state index in [-0.39, 0.29) is 5.65 Å². The zero-order valence-electron chi connectivity index (χ0n) is 13.7. The van der Waals surface area contributed by atoms with E-state index in [1.54, 1.807) is 54.6 Å². The third kappa shape index (κ3) is 3.33. The lowest BCUT2D eigenvalue weighted by Crippen LogP contribution is -2.13. The average molecular weight is 387 g/mol. The van der Waals surface area contributed by atoms with Crippen LogP contribution in [-0.4, -0.2) is 19.8 Å². The van der Waals surface area contributed by atoms with Gasteiger partial charge in [0.25, 0.3) is 5.82 Å². The third-order valence-corrected chi connectivity index (χ3v) is 4.82. The topological polar surface area (TPSA) is 69.1 Å². The van der Waals surface area contributed by atoms with E-state index in [0.717, 1.165) is 4.52 Å². The van der Waals surface area contributed by atoms with E-state index in [0.29, 0.717) is 26.7 Å². The van der Waals surface area contributed by atoms with E-state index in [9.17, 15) is 13.2 Å². The largest absolute Gasteiger partial charge is 0.453 e. The number of rotatable bonds is 3. The average Bonchev–Trinajstić information content (AvgIpc) is 3.08. The predicted molar refractivity (Wildman–Crippen MR) is 96.2 cm³/mol. The van der Waals surface area contributed by atoms with Crippen LogP contribution in [-0.2, 0) is 6.18 Å². The fourth-order valence-electron chi connectivity index (χ4n) is 2.60. The molecule has 0 saturated carbocycles. The Labute approximate surface area is 156 Å². The van der Waals surface area contributed by atoms with Gasteiger partial charge in [0.15, 0.2) is 5.65 Å². The maximum atomic E-state index is 13.3. The quantitative estimate of drug-likeness (QED) is 0.523. The third-order valence-electron chi connectivity index (χ3n) is 3.82. The van der Waals surface area contributed by atoms with Gasteiger partial charge in [0, 0.05) is 16.1 Å². The molecule has 2 aromatic heterocycles. The molecule has 0 aliphatic rings. The summed E-state index contributed by atoms with van der Waals surface area (Å²) < 4.78 is 40.7. The van der Waals surface area contributed by atoms with Crippen molar-refractivity contribution in [2.75, 3.05) is 5.73 Å². The first-order valence-corrected chi connectivity index (χ1v) is 8.66. The van der Waals surface area contributed by atoms with E-state index in [1.165, 1.54) is 11.8 Å². The first-order chi connectivity index (χ1) is 12.9. The molecule has 2 N–H and O–H groups in total. The van der Waals surface area contributed by atoms with Crippen molar-refractivity contribution in [3.8, 4) is 11.1 Å². The van der Waals surface area contributed by atoms with E-state index in [1.807, 2.05) is 6.07 Å². The Balaban J connectivity index is 1.93. The summed E-state index contributed by atoms with van der Waals surface area (Å²) in [6.07, 6.45) is -4.67. The Morgan fingerprint density at radius 1 is 0.926 bits per heavy atom. The molecule has 4 rings (SSSR count). The molecule has 0 fully saturated rings. The number of nitrogen functional groups attached to an aromatic ring is 1. The van der Waals surface area contributed by atoms with Crippen molar-refractivity contribution in [3.05, 3.63) is 66.5 Å². The molecular formula is C18H12F3N5S. The number of nitrogens with two attached hydrogens (primary N) is 1. The van der Waals surface area contributed by atoms with Crippen LogP contribution in [0.1, 0.15) is 5.82 Å². The number of anilines is 1. The standard InChI is InChI=1S/C18H12F3N5S/c19-18(20,21)17-24-23-16-12(11-6-2-1-3-7-11)10-15(25-26(16)17)27-14-9-5-4-8-13(14)22/h1-10H,22H2. The van der Waals surface area contributed by atoms with Crippen molar-refractivity contribution in [3.63, 3.8) is 0 Å². The molecule has 9 heteroatoms. The molecule has 0 radical (unpaired) electrons. The summed E-state index contributed by atoms with van der Waals surface area (Å²) in [6, 6.07) is 17.8. The molecule has 136 valence electrons. The van der Waals surface area contributed by atoms with E-state index in [4.69, 9.17) is 5.73 Å². The second-order valence-corrected chi connectivity index (χ2v) is 6.72. The van der Waals surface area contributed by atoms with Gasteiger partial charge in [0.1, 0.15) is 5.03 Å². The van der Waals surface area contributed by atoms with Crippen LogP contribution >= 0.6 is 11.8 Å². The first-order valence-electron chi connectivity index (χ1n) is 7.85. The summed E-state index contributed by atoms with van der Waals surface area (Å²) in [6.45, 7) is 0. The number of alkyl halides is 3. The van der Waals surface area contributed by atoms with Gasteiger partial charge in [-0.1, -0.05) is 54.2 Å². The Hall–Kier alpha value is -3.07. The van der Waals surface area contributed by atoms with Crippen molar-refractivity contribution in [2.45, 2.75) is 16.1 Å². The molecular weight excluding hydrogens is 375 g/mol. The SMILES string of the molecule is Nc1ccccc1Sc1cc(-c2ccccc2)c2nnc(C(F)(F)F)n2n1. The second-order valence-electron chi connectivity index (χ2n) is 5.66. The lowest BCUT2D eigenvalue weighted by atomic mass is 10.1. The fraction of sp³-hybridized carbons (Fsp3) is 0.0556. The highest BCUT2D eigenvalue weighted by Crippen LogP contribution is 2.36. The van der Waals surface area contributed by atoms with Crippen LogP contribution in [0.3, 0.4) is 0 Å². The van der Waals surface area contributed by atoms with E-state index in [2.05, 4.69) is 15.3 Å². The number of halogens is 3. The van der Waals surface area contributed by atoms with Gasteiger partial charge in [0.2, 0.25) is 0 Å². The van der Waals surface area contributed by atoms with Gasteiger partial charge in [-0.25, -0.2) is 0 Å². The first kappa shape index (κ1) is 17.3. The summed E-state index contributed by atoms with van der Waals surface area (Å²) in [5.41, 5.74) is 7.73. The van der Waals surface area contributed by atoms with Crippen LogP contribution in [0.2, 0.25) is 0 Å². The number of nitrogens with zero attached hydrogens (tertiary/aromatic N) is 4. The van der Waals surface area contributed by atoms with Crippen LogP contribution in [0.25, 0.3) is 16.8 Å². The Bertz CT molecular complexity index is 1110. The molecule has 0 spiro atoms. The number of benzene rings is 2. The van der Waals surface area contributed by atoms with Gasteiger partial charge < -0.3 is 5.73 Å². The Morgan fingerprint density at radius 3 is 2.33 bits per heavy atom. The van der Waals surface area contributed by atoms with Gasteiger partial charge in [-0.15, -0.1) is 10.2 Å². The number of aromatic nitrogens is 4. The zero-order chi connectivity index (χ0) is 19.0. The lowest BCUT2D eigenvalue weighted by molar-refractivity contribution is -0.146. The van der Waals surface area contributed by atoms with Crippen molar-refractivity contribution in [1.82, 2.24) is 19.8 Å². The van der Waals surface area contributed by atoms with Crippen molar-refractivity contribution in [1.29, 1.82) is 0 Å². The molecule has 0 unspecified atom stereocenters. The molecule has 2 aromatic carbocycles. The summed E-state index contributed by atoms with van der Waals surface area (Å²) in [5.74, 6) is -1.17. The number of fused-ring (bicyclic) bond motifs is 1. The molecule has 0 amide bonds. The van der Waals surface area contributed by atoms with Gasteiger partial charge >= 0.3 is 6.18 Å². The van der Waals surface area contributed by atoms with Crippen LogP contribution in [0.4, 0.5) is 18.9 Å². The number of hydrogen-bond acceptors (Lipinski definition) is 5. The summed E-state index contributed by atoms with van der Waals surface area (Å²) in [4.78, 5) is 0.699. The maximum absolute atomic E-state index is 13.3. The van der Waals surface area contributed by atoms with Crippen molar-refractivity contribution in [2.24, 2.45) is 0 Å². The molecule has 2 heterocycles. The zero-order valence-corrected chi connectivity index (χ0v) is 14.5. The molecule has 0 atom stereocenters. The van der Waals surface area contributed by atoms with Crippen LogP contribution in [0.5, 0.6) is 0 Å². The molecule has 4 aromatic rings. The van der Waals surface area contributed by atoms with Gasteiger partial charge in [-0.3, -0.25) is 0 Å². The van der Waals surface area contributed by atoms with Crippen molar-refractivity contribution >= 4 is 23.1 Å². The summed E-state index contributed by atoms with van der Waals surface area (Å²) in [5, 5.41) is 11.5. The minimum atomic E-state index is -4.67. The van der Waals surface area contributed by atoms with Crippen LogP contribution in [0, 0.1) is 0 Å². The summed E-state index contributed by atoms with van der Waals surface area (Å²) >= 11 is 1.18. The van der Waals surface area contributed by atoms with Crippen LogP contribution < -0.4 is 5.73 Å². The molecule has 0 aliphatic carbocycles. The minimum Gasteiger partial charge on any atom is -0.398 e. The highest BCUT2D eigenvalue weighted by molar-refractivity contribution is 7.99. The highest BCUT2D eigenvalue weighted by atomic mass is 32.2. The van der Waals surface area contributed by atoms with Crippen molar-refractivity contribution < 1.29 is 13.2 Å². The number of hydrogen-bond donors (Lipinski definition) is 1. The van der Waals surface area contributed by atoms with E-state index < -0.39 is 12.0 Å². The molecule has 27 heavy (non-hydrogen) atoms. The van der Waals surface area contributed by atoms with Crippen LogP contribution in [0.15, 0.2) is 70.6 Å². The molecule has 0 aliphatic heterocycles. The second kappa shape index (κ2) is 6.58. The Morgan fingerprint density at radius 2 is 1.63 bits per heavy atom. The van der Waals surface area contributed by atoms with Gasteiger partial charge in [-0.2, -0.15) is 22.8 Å². The normalized spacial score (nSPS) is 11.8. The predicted octanol–water partition coefficient (Wildman–Crippen LogP) is 4.54. The van der Waals surface area contributed by atoms with E-state index >= 15 is 0 Å². The molecule has 0 saturated heterocycles. The fourth-order valence-corrected chi connectivity index (χ4v) is 3.46. The smallest absolute Gasteiger partial charge is 0.398 e. The number of para-hydroxylation sites is 1. The monoisotopic (exact) mass is 387 g/mol. The maximum Gasteiger partial charge on any atom is 0.453 e. The molecule has 5 nitrogen and oxygen atoms in total. The van der Waals surface area contributed by atoms with Gasteiger partial charge in [0.05, 0.1) is 0 Å². The van der Waals surface area contributed by atoms with Gasteiger partial charge in [-0.05, 0) is 23.8 Å². The highest BCUT2D eigenvalue weighted by Gasteiger charge is 2.38.